The Kier molecular flexibility index (Phi) is 4.29. The molecule has 1 heterocycles. The number of rotatable bonds is 1. The molecule has 1 saturated heterocycles. The van der Waals surface area contributed by atoms with Gasteiger partial charge in [0.25, 0.3) is 0 Å². The van der Waals surface area contributed by atoms with Gasteiger partial charge in [-0.1, -0.05) is 32.9 Å². The van der Waals surface area contributed by atoms with Gasteiger partial charge in [0.2, 0.25) is 0 Å². The van der Waals surface area contributed by atoms with Crippen molar-refractivity contribution >= 4 is 11.6 Å². The molecular formula is C23H34O4. The average Bonchev–Trinajstić information content (AvgIpc) is 3.23. The molecule has 0 N–H and O–H groups in total. The summed E-state index contributed by atoms with van der Waals surface area (Å²) in [5, 5.41) is 0. The Morgan fingerprint density at radius 1 is 1.04 bits per heavy atom. The van der Waals surface area contributed by atoms with Crippen LogP contribution in [0.4, 0.5) is 0 Å². The highest BCUT2D eigenvalue weighted by Gasteiger charge is 2.73. The van der Waals surface area contributed by atoms with Crippen molar-refractivity contribution in [1.82, 2.24) is 0 Å². The van der Waals surface area contributed by atoms with Gasteiger partial charge in [-0.25, -0.2) is 0 Å². The van der Waals surface area contributed by atoms with Gasteiger partial charge in [0.1, 0.15) is 11.6 Å². The normalized spacial score (nSPS) is 49.4. The summed E-state index contributed by atoms with van der Waals surface area (Å²) in [6.07, 6.45) is 7.84. The zero-order chi connectivity index (χ0) is 19.7. The molecule has 6 atom stereocenters. The molecule has 150 valence electrons. The SMILES string of the molecule is C/C=C/[C@@]1(C)CC(=O)[C@@]2(C)C3C4(CCC3(CC[C@H]2C)C(C)C1=O)OCCO4. The van der Waals surface area contributed by atoms with Crippen LogP contribution in [0.25, 0.3) is 0 Å². The van der Waals surface area contributed by atoms with Gasteiger partial charge >= 0.3 is 0 Å². The van der Waals surface area contributed by atoms with Crippen molar-refractivity contribution in [3.63, 3.8) is 0 Å². The number of hydrogen-bond donors (Lipinski definition) is 0. The molecule has 0 aromatic rings. The van der Waals surface area contributed by atoms with Crippen LogP contribution in [0.5, 0.6) is 0 Å². The van der Waals surface area contributed by atoms with E-state index >= 15 is 0 Å². The number of carbonyl (C=O) groups excluding carboxylic acids is 2. The molecule has 1 spiro atoms. The third-order valence-corrected chi connectivity index (χ3v) is 8.88. The molecule has 0 amide bonds. The molecular weight excluding hydrogens is 340 g/mol. The number of carbonyl (C=O) groups is 2. The fourth-order valence-electron chi connectivity index (χ4n) is 7.30. The topological polar surface area (TPSA) is 52.6 Å². The second kappa shape index (κ2) is 6.00. The zero-order valence-electron chi connectivity index (χ0n) is 17.5. The van der Waals surface area contributed by atoms with Crippen LogP contribution >= 0.6 is 0 Å². The lowest BCUT2D eigenvalue weighted by molar-refractivity contribution is -0.246. The Balaban J connectivity index is 1.93. The summed E-state index contributed by atoms with van der Waals surface area (Å²) in [4.78, 5) is 27.5. The summed E-state index contributed by atoms with van der Waals surface area (Å²) in [5.41, 5.74) is -1.44. The van der Waals surface area contributed by atoms with Crippen LogP contribution in [0.3, 0.4) is 0 Å². The third-order valence-electron chi connectivity index (χ3n) is 8.88. The molecule has 3 saturated carbocycles. The van der Waals surface area contributed by atoms with Gasteiger partial charge in [-0.3, -0.25) is 9.59 Å². The van der Waals surface area contributed by atoms with Gasteiger partial charge in [0, 0.05) is 30.1 Å². The predicted molar refractivity (Wildman–Crippen MR) is 103 cm³/mol. The first-order chi connectivity index (χ1) is 12.7. The maximum Gasteiger partial charge on any atom is 0.172 e. The Bertz CT molecular complexity index is 690. The largest absolute Gasteiger partial charge is 0.347 e. The van der Waals surface area contributed by atoms with Gasteiger partial charge in [-0.05, 0) is 44.4 Å². The van der Waals surface area contributed by atoms with Crippen LogP contribution in [-0.2, 0) is 19.1 Å². The van der Waals surface area contributed by atoms with E-state index in [9.17, 15) is 9.59 Å². The fourth-order valence-corrected chi connectivity index (χ4v) is 7.30. The molecule has 4 fully saturated rings. The molecule has 3 unspecified atom stereocenters. The fraction of sp³-hybridized carbons (Fsp3) is 0.826. The first kappa shape index (κ1) is 19.3. The number of hydrogen-bond acceptors (Lipinski definition) is 4. The van der Waals surface area contributed by atoms with Crippen molar-refractivity contribution in [2.24, 2.45) is 34.0 Å². The molecule has 4 nitrogen and oxygen atoms in total. The minimum Gasteiger partial charge on any atom is -0.347 e. The van der Waals surface area contributed by atoms with E-state index in [1.165, 1.54) is 0 Å². The van der Waals surface area contributed by atoms with Crippen LogP contribution in [0.15, 0.2) is 12.2 Å². The number of ketones is 2. The molecule has 4 heteroatoms. The standard InChI is InChI=1S/C23H34O4/c1-6-8-20(4)14-17(24)21(5)15(2)7-9-22(16(3)18(20)25)10-11-23(19(21)22)26-12-13-27-23/h6,8,15-16,19H,7,9-14H2,1-5H3/b8-6+/t15-,16?,19?,20+,21+,22?/m1/s1. The lowest BCUT2D eigenvalue weighted by Crippen LogP contribution is -2.63. The van der Waals surface area contributed by atoms with Crippen LogP contribution < -0.4 is 0 Å². The van der Waals surface area contributed by atoms with Gasteiger partial charge < -0.3 is 9.47 Å². The smallest absolute Gasteiger partial charge is 0.172 e. The third kappa shape index (κ3) is 2.29. The molecule has 3 aliphatic carbocycles. The molecule has 2 bridgehead atoms. The highest BCUT2D eigenvalue weighted by Crippen LogP contribution is 2.71. The predicted octanol–water partition coefficient (Wildman–Crippen LogP) is 4.32. The van der Waals surface area contributed by atoms with Gasteiger partial charge in [-0.2, -0.15) is 0 Å². The van der Waals surface area contributed by atoms with E-state index in [2.05, 4.69) is 20.8 Å². The van der Waals surface area contributed by atoms with E-state index < -0.39 is 16.6 Å². The van der Waals surface area contributed by atoms with E-state index in [-0.39, 0.29) is 41.2 Å². The highest BCUT2D eigenvalue weighted by molar-refractivity contribution is 5.97. The van der Waals surface area contributed by atoms with E-state index in [4.69, 9.17) is 9.47 Å². The average molecular weight is 375 g/mol. The van der Waals surface area contributed by atoms with Crippen molar-refractivity contribution in [3.8, 4) is 0 Å². The lowest BCUT2D eigenvalue weighted by atomic mass is 9.44. The molecule has 4 aliphatic rings. The van der Waals surface area contributed by atoms with Crippen LogP contribution in [-0.4, -0.2) is 30.6 Å². The van der Waals surface area contributed by atoms with Crippen molar-refractivity contribution in [2.45, 2.75) is 72.5 Å². The summed E-state index contributed by atoms with van der Waals surface area (Å²) < 4.78 is 12.5. The van der Waals surface area contributed by atoms with Gasteiger partial charge in [-0.15, -0.1) is 0 Å². The van der Waals surface area contributed by atoms with Crippen molar-refractivity contribution in [2.75, 3.05) is 13.2 Å². The van der Waals surface area contributed by atoms with Crippen LogP contribution in [0, 0.1) is 34.0 Å². The molecule has 0 aromatic heterocycles. The Morgan fingerprint density at radius 2 is 1.70 bits per heavy atom. The van der Waals surface area contributed by atoms with E-state index in [1.54, 1.807) is 0 Å². The molecule has 0 aromatic carbocycles. The Morgan fingerprint density at radius 3 is 2.33 bits per heavy atom. The van der Waals surface area contributed by atoms with Crippen LogP contribution in [0.1, 0.15) is 66.7 Å². The van der Waals surface area contributed by atoms with Crippen molar-refractivity contribution in [1.29, 1.82) is 0 Å². The highest BCUT2D eigenvalue weighted by atomic mass is 16.7. The molecule has 0 radical (unpaired) electrons. The van der Waals surface area contributed by atoms with Crippen molar-refractivity contribution in [3.05, 3.63) is 12.2 Å². The summed E-state index contributed by atoms with van der Waals surface area (Å²) >= 11 is 0. The monoisotopic (exact) mass is 374 g/mol. The summed E-state index contributed by atoms with van der Waals surface area (Å²) in [6.45, 7) is 11.5. The summed E-state index contributed by atoms with van der Waals surface area (Å²) in [5.74, 6) is -0.125. The molecule has 27 heavy (non-hydrogen) atoms. The summed E-state index contributed by atoms with van der Waals surface area (Å²) in [7, 11) is 0. The first-order valence-corrected chi connectivity index (χ1v) is 10.7. The maximum absolute atomic E-state index is 13.8. The van der Waals surface area contributed by atoms with Gasteiger partial charge in [0.15, 0.2) is 5.79 Å². The quantitative estimate of drug-likeness (QED) is 0.641. The van der Waals surface area contributed by atoms with E-state index in [0.717, 1.165) is 25.7 Å². The second-order valence-corrected chi connectivity index (χ2v) is 10.0. The summed E-state index contributed by atoms with van der Waals surface area (Å²) in [6, 6.07) is 0. The number of Topliss-reactive ketones (excluding diaryl/α,β-unsaturated/α-hetero) is 2. The lowest BCUT2D eigenvalue weighted by Gasteiger charge is -2.59. The van der Waals surface area contributed by atoms with Crippen molar-refractivity contribution < 1.29 is 19.1 Å². The van der Waals surface area contributed by atoms with E-state index in [1.807, 2.05) is 26.0 Å². The molecule has 4 rings (SSSR count). The second-order valence-electron chi connectivity index (χ2n) is 10.0. The minimum atomic E-state index is -0.714. The van der Waals surface area contributed by atoms with Gasteiger partial charge in [0.05, 0.1) is 18.6 Å². The zero-order valence-corrected chi connectivity index (χ0v) is 17.5. The molecule has 1 aliphatic heterocycles. The maximum atomic E-state index is 13.8. The van der Waals surface area contributed by atoms with Crippen LogP contribution in [0.2, 0.25) is 0 Å². The van der Waals surface area contributed by atoms with E-state index in [0.29, 0.717) is 13.2 Å². The first-order valence-electron chi connectivity index (χ1n) is 10.7. The minimum absolute atomic E-state index is 0.0367. The Hall–Kier alpha value is -1.00. The number of ether oxygens (including phenoxy) is 2. The Labute approximate surface area is 163 Å². The number of allylic oxidation sites excluding steroid dienone is 2.